The molecule has 5 aromatic rings. The monoisotopic (exact) mass is 655 g/mol. The Morgan fingerprint density at radius 2 is 1.74 bits per heavy atom. The first-order valence-electron chi connectivity index (χ1n) is 15.8. The van der Waals surface area contributed by atoms with Crippen LogP contribution in [0, 0.1) is 11.7 Å². The lowest BCUT2D eigenvalue weighted by atomic mass is 10.0. The third-order valence-corrected chi connectivity index (χ3v) is 9.64. The molecule has 0 spiro atoms. The molecule has 1 N–H and O–H groups in total. The summed E-state index contributed by atoms with van der Waals surface area (Å²) < 4.78 is 61.8. The smallest absolute Gasteiger partial charge is 0.261 e. The highest BCUT2D eigenvalue weighted by molar-refractivity contribution is 7.92. The fourth-order valence-electron chi connectivity index (χ4n) is 5.90. The lowest BCUT2D eigenvalue weighted by Gasteiger charge is -2.30. The number of anilines is 1. The maximum atomic E-state index is 15.3. The first-order valence-corrected chi connectivity index (χ1v) is 17.2. The second-order valence-electron chi connectivity index (χ2n) is 11.8. The van der Waals surface area contributed by atoms with Gasteiger partial charge in [0.1, 0.15) is 5.75 Å². The van der Waals surface area contributed by atoms with Crippen LogP contribution < -0.4 is 18.9 Å². The van der Waals surface area contributed by atoms with E-state index in [-0.39, 0.29) is 16.3 Å². The number of sulfonamides is 1. The maximum Gasteiger partial charge on any atom is 0.261 e. The van der Waals surface area contributed by atoms with Gasteiger partial charge in [-0.1, -0.05) is 49.4 Å². The predicted octanol–water partition coefficient (Wildman–Crippen LogP) is 8.14. The Morgan fingerprint density at radius 1 is 0.915 bits per heavy atom. The van der Waals surface area contributed by atoms with Gasteiger partial charge in [0.25, 0.3) is 10.0 Å². The summed E-state index contributed by atoms with van der Waals surface area (Å²) >= 11 is 0. The van der Waals surface area contributed by atoms with E-state index in [2.05, 4.69) is 21.5 Å². The van der Waals surface area contributed by atoms with E-state index in [1.165, 1.54) is 31.0 Å². The topological polar surface area (TPSA) is 90.0 Å². The van der Waals surface area contributed by atoms with Gasteiger partial charge in [-0.2, -0.15) is 0 Å². The molecule has 244 valence electrons. The maximum absolute atomic E-state index is 15.3. The van der Waals surface area contributed by atoms with E-state index in [9.17, 15) is 8.42 Å². The molecule has 1 aromatic heterocycles. The van der Waals surface area contributed by atoms with Crippen molar-refractivity contribution in [2.24, 2.45) is 5.92 Å². The van der Waals surface area contributed by atoms with Gasteiger partial charge >= 0.3 is 0 Å². The third-order valence-electron chi connectivity index (χ3n) is 8.26. The Kier molecular flexibility index (Phi) is 9.89. The minimum Gasteiger partial charge on any atom is -0.493 e. The molecular weight excluding hydrogens is 617 g/mol. The van der Waals surface area contributed by atoms with Crippen molar-refractivity contribution in [3.05, 3.63) is 103 Å². The standard InChI is InChI=1S/C37H38FN3O5S/c1-26-9-7-18-41(25-26)19-8-20-45-37-24-33-31(23-36(37)44-2)34(16-17-39-33)46-35-15-14-29(22-32(35)38)40-47(42,43)30-13-6-12-28(21-30)27-10-4-3-5-11-27/h3-6,10-17,21-24,26,40H,7-9,18-20,25H2,1-2H3. The molecule has 0 amide bonds. The Hall–Kier alpha value is -4.67. The average molecular weight is 656 g/mol. The van der Waals surface area contributed by atoms with Crippen LogP contribution >= 0.6 is 0 Å². The van der Waals surface area contributed by atoms with E-state index in [1.807, 2.05) is 36.4 Å². The number of fused-ring (bicyclic) bond motifs is 1. The van der Waals surface area contributed by atoms with Gasteiger partial charge in [-0.3, -0.25) is 9.71 Å². The van der Waals surface area contributed by atoms with Gasteiger partial charge in [-0.25, -0.2) is 12.8 Å². The normalized spacial score (nSPS) is 15.3. The summed E-state index contributed by atoms with van der Waals surface area (Å²) in [6.07, 6.45) is 5.02. The van der Waals surface area contributed by atoms with Crippen LogP contribution in [0.4, 0.5) is 10.1 Å². The number of rotatable bonds is 12. The lowest BCUT2D eigenvalue weighted by Crippen LogP contribution is -2.35. The Morgan fingerprint density at radius 3 is 2.53 bits per heavy atom. The van der Waals surface area contributed by atoms with E-state index >= 15 is 4.39 Å². The van der Waals surface area contributed by atoms with Crippen molar-refractivity contribution in [2.45, 2.75) is 31.1 Å². The number of pyridine rings is 1. The van der Waals surface area contributed by atoms with E-state index in [0.29, 0.717) is 34.8 Å². The number of benzene rings is 4. The van der Waals surface area contributed by atoms with Crippen LogP contribution in [0.25, 0.3) is 22.0 Å². The summed E-state index contributed by atoms with van der Waals surface area (Å²) in [6, 6.07) is 25.2. The molecule has 10 heteroatoms. The predicted molar refractivity (Wildman–Crippen MR) is 182 cm³/mol. The quantitative estimate of drug-likeness (QED) is 0.136. The summed E-state index contributed by atoms with van der Waals surface area (Å²) in [4.78, 5) is 7.02. The number of nitrogens with zero attached hydrogens (tertiary/aromatic N) is 2. The molecule has 0 bridgehead atoms. The van der Waals surface area contributed by atoms with Crippen molar-refractivity contribution in [1.29, 1.82) is 0 Å². The molecule has 1 unspecified atom stereocenters. The Labute approximate surface area is 275 Å². The molecule has 2 heterocycles. The highest BCUT2D eigenvalue weighted by Crippen LogP contribution is 2.38. The van der Waals surface area contributed by atoms with E-state index < -0.39 is 15.8 Å². The van der Waals surface area contributed by atoms with Crippen molar-refractivity contribution in [2.75, 3.05) is 38.1 Å². The minimum atomic E-state index is -3.98. The van der Waals surface area contributed by atoms with Crippen LogP contribution in [0.3, 0.4) is 0 Å². The van der Waals surface area contributed by atoms with Crippen LogP contribution in [0.5, 0.6) is 23.0 Å². The molecule has 1 aliphatic rings. The van der Waals surface area contributed by atoms with Crippen molar-refractivity contribution in [3.8, 4) is 34.1 Å². The minimum absolute atomic E-state index is 0.0665. The van der Waals surface area contributed by atoms with E-state index in [4.69, 9.17) is 14.2 Å². The van der Waals surface area contributed by atoms with Crippen molar-refractivity contribution >= 4 is 26.6 Å². The van der Waals surface area contributed by atoms with Gasteiger partial charge < -0.3 is 19.1 Å². The molecule has 1 aliphatic heterocycles. The molecular formula is C37H38FN3O5S. The summed E-state index contributed by atoms with van der Waals surface area (Å²) in [5.74, 6) is 1.39. The third kappa shape index (κ3) is 7.84. The van der Waals surface area contributed by atoms with Crippen LogP contribution in [0.15, 0.2) is 102 Å². The summed E-state index contributed by atoms with van der Waals surface area (Å²) in [6.45, 7) is 6.11. The van der Waals surface area contributed by atoms with Gasteiger partial charge in [-0.15, -0.1) is 0 Å². The number of hydrogen-bond donors (Lipinski definition) is 1. The van der Waals surface area contributed by atoms with Gasteiger partial charge in [0.2, 0.25) is 0 Å². The zero-order chi connectivity index (χ0) is 32.8. The molecule has 47 heavy (non-hydrogen) atoms. The Bertz CT molecular complexity index is 1960. The molecule has 6 rings (SSSR count). The second kappa shape index (κ2) is 14.4. The van der Waals surface area contributed by atoms with Crippen LogP contribution in [0.1, 0.15) is 26.2 Å². The first-order chi connectivity index (χ1) is 22.8. The molecule has 1 fully saturated rings. The highest BCUT2D eigenvalue weighted by Gasteiger charge is 2.19. The van der Waals surface area contributed by atoms with Gasteiger partial charge in [0.15, 0.2) is 23.1 Å². The summed E-state index contributed by atoms with van der Waals surface area (Å²) in [7, 11) is -2.42. The molecule has 0 radical (unpaired) electrons. The number of hydrogen-bond acceptors (Lipinski definition) is 7. The summed E-state index contributed by atoms with van der Waals surface area (Å²) in [5.41, 5.74) is 2.31. The number of methoxy groups -OCH3 is 1. The second-order valence-corrected chi connectivity index (χ2v) is 13.5. The lowest BCUT2D eigenvalue weighted by molar-refractivity contribution is 0.169. The van der Waals surface area contributed by atoms with E-state index in [1.54, 1.807) is 43.6 Å². The van der Waals surface area contributed by atoms with Crippen molar-refractivity contribution < 1.29 is 27.0 Å². The molecule has 0 saturated carbocycles. The van der Waals surface area contributed by atoms with Gasteiger partial charge in [-0.05, 0) is 79.3 Å². The zero-order valence-electron chi connectivity index (χ0n) is 26.5. The van der Waals surface area contributed by atoms with Crippen LogP contribution in [-0.2, 0) is 10.0 Å². The van der Waals surface area contributed by atoms with Gasteiger partial charge in [0, 0.05) is 36.8 Å². The molecule has 8 nitrogen and oxygen atoms in total. The molecule has 1 atom stereocenters. The number of piperidine rings is 1. The van der Waals surface area contributed by atoms with Gasteiger partial charge in [0.05, 0.1) is 29.8 Å². The van der Waals surface area contributed by atoms with Crippen LogP contribution in [-0.4, -0.2) is 51.7 Å². The van der Waals surface area contributed by atoms with E-state index in [0.717, 1.165) is 49.2 Å². The number of aromatic nitrogens is 1. The van der Waals surface area contributed by atoms with Crippen molar-refractivity contribution in [1.82, 2.24) is 9.88 Å². The van der Waals surface area contributed by atoms with Crippen molar-refractivity contribution in [3.63, 3.8) is 0 Å². The SMILES string of the molecule is COc1cc2c(Oc3ccc(NS(=O)(=O)c4cccc(-c5ccccc5)c4)cc3F)ccnc2cc1OCCCN1CCCC(C)C1. The number of likely N-dealkylation sites (tertiary alicyclic amines) is 1. The molecule has 0 aliphatic carbocycles. The number of ether oxygens (including phenoxy) is 3. The molecule has 1 saturated heterocycles. The fourth-order valence-corrected chi connectivity index (χ4v) is 7.00. The average Bonchev–Trinajstić information content (AvgIpc) is 3.08. The first kappa shape index (κ1) is 32.3. The molecule has 4 aromatic carbocycles. The van der Waals surface area contributed by atoms with Crippen LogP contribution in [0.2, 0.25) is 0 Å². The Balaban J connectivity index is 1.14. The summed E-state index contributed by atoms with van der Waals surface area (Å²) in [5, 5.41) is 0.612. The largest absolute Gasteiger partial charge is 0.493 e. The number of nitrogens with one attached hydrogen (secondary N) is 1. The number of halogens is 1. The highest BCUT2D eigenvalue weighted by atomic mass is 32.2. The fraction of sp³-hybridized carbons (Fsp3) is 0.270. The zero-order valence-corrected chi connectivity index (χ0v) is 27.3.